The summed E-state index contributed by atoms with van der Waals surface area (Å²) in [5.74, 6) is -1.17. The van der Waals surface area contributed by atoms with Crippen LogP contribution in [-0.4, -0.2) is 24.4 Å². The smallest absolute Gasteiger partial charge is 0.338 e. The van der Waals surface area contributed by atoms with Crippen LogP contribution >= 0.6 is 0 Å². The van der Waals surface area contributed by atoms with Crippen LogP contribution in [0.5, 0.6) is 0 Å². The number of fused-ring (bicyclic) bond motifs is 1. The molecule has 0 saturated carbocycles. The van der Waals surface area contributed by atoms with Crippen LogP contribution in [0.3, 0.4) is 0 Å². The Balaban J connectivity index is 1.55. The molecule has 0 radical (unpaired) electrons. The van der Waals surface area contributed by atoms with E-state index in [-0.39, 0.29) is 30.0 Å². The lowest BCUT2D eigenvalue weighted by molar-refractivity contribution is -0.125. The van der Waals surface area contributed by atoms with Crippen LogP contribution in [-0.2, 0) is 20.7 Å². The van der Waals surface area contributed by atoms with Gasteiger partial charge in [-0.15, -0.1) is 0 Å². The minimum absolute atomic E-state index is 0.0516. The molecular formula is C21H22N2O4. The average molecular weight is 366 g/mol. The number of carbonyl (C=O) groups is 3. The van der Waals surface area contributed by atoms with Crippen molar-refractivity contribution >= 4 is 23.5 Å². The van der Waals surface area contributed by atoms with E-state index in [0.717, 1.165) is 24.8 Å². The van der Waals surface area contributed by atoms with Gasteiger partial charge < -0.3 is 15.4 Å². The number of hydrogen-bond acceptors (Lipinski definition) is 4. The molecule has 2 aromatic carbocycles. The highest BCUT2D eigenvalue weighted by Gasteiger charge is 2.22. The van der Waals surface area contributed by atoms with Crippen LogP contribution in [0.15, 0.2) is 48.5 Å². The fourth-order valence-corrected chi connectivity index (χ4v) is 3.28. The Bertz CT molecular complexity index is 863. The number of carbonyl (C=O) groups excluding carboxylic acids is 3. The van der Waals surface area contributed by atoms with Gasteiger partial charge in [0.1, 0.15) is 0 Å². The fourth-order valence-electron chi connectivity index (χ4n) is 3.28. The number of rotatable bonds is 5. The van der Waals surface area contributed by atoms with Crippen molar-refractivity contribution in [3.05, 3.63) is 65.2 Å². The van der Waals surface area contributed by atoms with E-state index >= 15 is 0 Å². The van der Waals surface area contributed by atoms with Crippen molar-refractivity contribution in [1.29, 1.82) is 0 Å². The molecule has 0 bridgehead atoms. The predicted molar refractivity (Wildman–Crippen MR) is 101 cm³/mol. The molecule has 0 aliphatic heterocycles. The molecular weight excluding hydrogens is 344 g/mol. The molecule has 0 fully saturated rings. The summed E-state index contributed by atoms with van der Waals surface area (Å²) >= 11 is 0. The van der Waals surface area contributed by atoms with Gasteiger partial charge in [-0.25, -0.2) is 4.79 Å². The third-order valence-corrected chi connectivity index (χ3v) is 4.46. The fraction of sp³-hybridized carbons (Fsp3) is 0.286. The van der Waals surface area contributed by atoms with Gasteiger partial charge in [0.2, 0.25) is 5.91 Å². The third-order valence-electron chi connectivity index (χ3n) is 4.46. The molecule has 2 amide bonds. The number of aryl methyl sites for hydroxylation is 1. The molecule has 0 saturated heterocycles. The van der Waals surface area contributed by atoms with Gasteiger partial charge >= 0.3 is 5.97 Å². The number of hydrogen-bond donors (Lipinski definition) is 2. The molecule has 0 unspecified atom stereocenters. The number of nitrogens with one attached hydrogen (secondary N) is 2. The number of ether oxygens (including phenoxy) is 1. The topological polar surface area (TPSA) is 84.5 Å². The summed E-state index contributed by atoms with van der Waals surface area (Å²) in [6.07, 6.45) is 2.90. The van der Waals surface area contributed by atoms with Crippen molar-refractivity contribution < 1.29 is 19.1 Å². The normalized spacial score (nSPS) is 15.4. The van der Waals surface area contributed by atoms with Crippen LogP contribution in [0, 0.1) is 0 Å². The molecule has 1 atom stereocenters. The summed E-state index contributed by atoms with van der Waals surface area (Å²) in [5, 5.41) is 5.55. The van der Waals surface area contributed by atoms with Gasteiger partial charge in [0.15, 0.2) is 6.61 Å². The molecule has 27 heavy (non-hydrogen) atoms. The first-order chi connectivity index (χ1) is 13.0. The quantitative estimate of drug-likeness (QED) is 0.797. The Kier molecular flexibility index (Phi) is 5.86. The molecule has 0 aromatic heterocycles. The van der Waals surface area contributed by atoms with E-state index in [4.69, 9.17) is 4.74 Å². The van der Waals surface area contributed by atoms with Crippen molar-refractivity contribution in [2.24, 2.45) is 0 Å². The number of esters is 1. The molecule has 6 heteroatoms. The first-order valence-corrected chi connectivity index (χ1v) is 8.95. The lowest BCUT2D eigenvalue weighted by Gasteiger charge is -2.26. The van der Waals surface area contributed by atoms with Gasteiger partial charge in [0.25, 0.3) is 5.91 Å². The van der Waals surface area contributed by atoms with Gasteiger partial charge in [0.05, 0.1) is 11.6 Å². The maximum atomic E-state index is 12.2. The zero-order valence-electron chi connectivity index (χ0n) is 15.2. The molecule has 6 nitrogen and oxygen atoms in total. The minimum atomic E-state index is -0.610. The Morgan fingerprint density at radius 2 is 1.93 bits per heavy atom. The Labute approximate surface area is 157 Å². The first kappa shape index (κ1) is 18.6. The van der Waals surface area contributed by atoms with Gasteiger partial charge in [0, 0.05) is 12.6 Å². The summed E-state index contributed by atoms with van der Waals surface area (Å²) in [6, 6.07) is 14.4. The number of benzene rings is 2. The van der Waals surface area contributed by atoms with E-state index in [1.54, 1.807) is 18.2 Å². The summed E-state index contributed by atoms with van der Waals surface area (Å²) in [7, 11) is 0. The Hall–Kier alpha value is -3.15. The zero-order valence-corrected chi connectivity index (χ0v) is 15.2. The highest BCUT2D eigenvalue weighted by molar-refractivity contribution is 5.94. The molecule has 3 rings (SSSR count). The van der Waals surface area contributed by atoms with E-state index < -0.39 is 5.97 Å². The lowest BCUT2D eigenvalue weighted by atomic mass is 9.88. The molecule has 1 aliphatic rings. The molecule has 140 valence electrons. The van der Waals surface area contributed by atoms with Gasteiger partial charge in [-0.05, 0) is 48.6 Å². The van der Waals surface area contributed by atoms with E-state index in [2.05, 4.69) is 16.7 Å². The van der Waals surface area contributed by atoms with E-state index in [0.29, 0.717) is 5.69 Å². The summed E-state index contributed by atoms with van der Waals surface area (Å²) in [5.41, 5.74) is 3.16. The van der Waals surface area contributed by atoms with E-state index in [9.17, 15) is 14.4 Å². The number of anilines is 1. The summed E-state index contributed by atoms with van der Waals surface area (Å²) < 4.78 is 5.12. The second kappa shape index (κ2) is 8.49. The van der Waals surface area contributed by atoms with Crippen LogP contribution in [0.2, 0.25) is 0 Å². The largest absolute Gasteiger partial charge is 0.452 e. The van der Waals surface area contributed by atoms with E-state index in [1.807, 2.05) is 18.2 Å². The maximum Gasteiger partial charge on any atom is 0.338 e. The van der Waals surface area contributed by atoms with Crippen molar-refractivity contribution in [2.45, 2.75) is 32.2 Å². The van der Waals surface area contributed by atoms with Crippen molar-refractivity contribution in [3.63, 3.8) is 0 Å². The van der Waals surface area contributed by atoms with Crippen LogP contribution in [0.25, 0.3) is 0 Å². The highest BCUT2D eigenvalue weighted by Crippen LogP contribution is 2.29. The van der Waals surface area contributed by atoms with Crippen molar-refractivity contribution in [3.8, 4) is 0 Å². The lowest BCUT2D eigenvalue weighted by Crippen LogP contribution is -2.34. The van der Waals surface area contributed by atoms with Crippen LogP contribution in [0.4, 0.5) is 5.69 Å². The maximum absolute atomic E-state index is 12.2. The molecule has 1 aliphatic carbocycles. The second-order valence-electron chi connectivity index (χ2n) is 6.55. The van der Waals surface area contributed by atoms with E-state index in [1.165, 1.54) is 18.6 Å². The predicted octanol–water partition coefficient (Wildman–Crippen LogP) is 3.00. The SMILES string of the molecule is CC(=O)Nc1cccc(C(=O)OCC(=O)N[C@@H]2CCCc3ccccc32)c1. The summed E-state index contributed by atoms with van der Waals surface area (Å²) in [6.45, 7) is 1.04. The van der Waals surface area contributed by atoms with Crippen molar-refractivity contribution in [1.82, 2.24) is 5.32 Å². The minimum Gasteiger partial charge on any atom is -0.452 e. The first-order valence-electron chi connectivity index (χ1n) is 8.95. The molecule has 2 aromatic rings. The molecule has 0 heterocycles. The average Bonchev–Trinajstić information content (AvgIpc) is 2.66. The monoisotopic (exact) mass is 366 g/mol. The standard InChI is InChI=1S/C21H22N2O4/c1-14(24)22-17-9-4-8-16(12-17)21(26)27-13-20(25)23-19-11-5-7-15-6-2-3-10-18(15)19/h2-4,6,8-10,12,19H,5,7,11,13H2,1H3,(H,22,24)(H,23,25)/t19-/m1/s1. The van der Waals surface area contributed by atoms with Gasteiger partial charge in [-0.1, -0.05) is 30.3 Å². The summed E-state index contributed by atoms with van der Waals surface area (Å²) in [4.78, 5) is 35.5. The van der Waals surface area contributed by atoms with Crippen LogP contribution < -0.4 is 10.6 Å². The molecule has 2 N–H and O–H groups in total. The molecule has 0 spiro atoms. The zero-order chi connectivity index (χ0) is 19.2. The number of amides is 2. The Morgan fingerprint density at radius 3 is 2.74 bits per heavy atom. The Morgan fingerprint density at radius 1 is 1.11 bits per heavy atom. The van der Waals surface area contributed by atoms with Crippen LogP contribution in [0.1, 0.15) is 47.3 Å². The second-order valence-corrected chi connectivity index (χ2v) is 6.55. The third kappa shape index (κ3) is 4.94. The van der Waals surface area contributed by atoms with Gasteiger partial charge in [-0.3, -0.25) is 9.59 Å². The van der Waals surface area contributed by atoms with Crippen molar-refractivity contribution in [2.75, 3.05) is 11.9 Å². The highest BCUT2D eigenvalue weighted by atomic mass is 16.5. The van der Waals surface area contributed by atoms with Gasteiger partial charge in [-0.2, -0.15) is 0 Å².